The second kappa shape index (κ2) is 7.82. The van der Waals surface area contributed by atoms with E-state index >= 15 is 0 Å². The molecule has 1 fully saturated rings. The van der Waals surface area contributed by atoms with Gasteiger partial charge in [0.15, 0.2) is 0 Å². The van der Waals surface area contributed by atoms with Gasteiger partial charge in [-0.2, -0.15) is 0 Å². The van der Waals surface area contributed by atoms with E-state index in [-0.39, 0.29) is 15.1 Å². The molecule has 2 aliphatic rings. The summed E-state index contributed by atoms with van der Waals surface area (Å²) in [5.41, 5.74) is 1.80. The third kappa shape index (κ3) is 3.39. The summed E-state index contributed by atoms with van der Waals surface area (Å²) in [6.07, 6.45) is 2.93. The Labute approximate surface area is 167 Å². The van der Waals surface area contributed by atoms with E-state index in [2.05, 4.69) is 6.92 Å². The average Bonchev–Trinajstić information content (AvgIpc) is 3.08. The number of carboxylic acid groups (broad SMARTS) is 1. The second-order valence-electron chi connectivity index (χ2n) is 6.44. The molecule has 0 bridgehead atoms. The van der Waals surface area contributed by atoms with Crippen molar-refractivity contribution in [2.45, 2.75) is 39.2 Å². The topological polar surface area (TPSA) is 77.9 Å². The van der Waals surface area contributed by atoms with Gasteiger partial charge in [-0.15, -0.1) is 0 Å². The first kappa shape index (κ1) is 19.6. The normalized spacial score (nSPS) is 20.4. The Balaban J connectivity index is 2.03. The SMILES string of the molecule is CCCCCN1C(=O)/C(=C2\SC(=S)N([C@@H](C)C(=O)O)C2=O)c2ccccc21. The number of thioether (sulfide) groups is 1. The molecular weight excluding hydrogens is 384 g/mol. The van der Waals surface area contributed by atoms with Gasteiger partial charge in [-0.1, -0.05) is 61.9 Å². The van der Waals surface area contributed by atoms with Crippen LogP contribution < -0.4 is 4.90 Å². The zero-order valence-corrected chi connectivity index (χ0v) is 16.7. The molecule has 27 heavy (non-hydrogen) atoms. The van der Waals surface area contributed by atoms with Crippen molar-refractivity contribution in [1.29, 1.82) is 0 Å². The predicted octanol–water partition coefficient (Wildman–Crippen LogP) is 3.27. The van der Waals surface area contributed by atoms with Gasteiger partial charge in [0.25, 0.3) is 11.8 Å². The third-order valence-electron chi connectivity index (χ3n) is 4.68. The molecule has 1 aromatic rings. The van der Waals surface area contributed by atoms with E-state index in [1.54, 1.807) is 4.90 Å². The molecule has 0 aromatic heterocycles. The molecule has 0 unspecified atom stereocenters. The molecule has 142 valence electrons. The van der Waals surface area contributed by atoms with Gasteiger partial charge in [-0.05, 0) is 19.4 Å². The van der Waals surface area contributed by atoms with Crippen molar-refractivity contribution in [1.82, 2.24) is 4.90 Å². The van der Waals surface area contributed by atoms with E-state index in [9.17, 15) is 19.5 Å². The summed E-state index contributed by atoms with van der Waals surface area (Å²) in [7, 11) is 0. The van der Waals surface area contributed by atoms with Crippen LogP contribution in [-0.4, -0.2) is 44.7 Å². The summed E-state index contributed by atoms with van der Waals surface area (Å²) in [4.78, 5) is 40.3. The second-order valence-corrected chi connectivity index (χ2v) is 8.09. The van der Waals surface area contributed by atoms with Gasteiger partial charge in [0.05, 0.1) is 16.2 Å². The maximum absolute atomic E-state index is 13.1. The number of carbonyl (C=O) groups is 3. The van der Waals surface area contributed by atoms with Crippen LogP contribution in [0.3, 0.4) is 0 Å². The van der Waals surface area contributed by atoms with Crippen molar-refractivity contribution in [2.75, 3.05) is 11.4 Å². The van der Waals surface area contributed by atoms with Crippen LogP contribution in [0, 0.1) is 0 Å². The number of amides is 2. The lowest BCUT2D eigenvalue weighted by Gasteiger charge is -2.19. The van der Waals surface area contributed by atoms with E-state index in [0.29, 0.717) is 17.7 Å². The molecule has 2 heterocycles. The fourth-order valence-electron chi connectivity index (χ4n) is 3.22. The maximum Gasteiger partial charge on any atom is 0.326 e. The first-order chi connectivity index (χ1) is 12.9. The average molecular weight is 405 g/mol. The number of hydrogen-bond donors (Lipinski definition) is 1. The Morgan fingerprint density at radius 3 is 2.59 bits per heavy atom. The monoisotopic (exact) mass is 404 g/mol. The summed E-state index contributed by atoms with van der Waals surface area (Å²) in [6, 6.07) is 6.28. The molecule has 3 rings (SSSR count). The highest BCUT2D eigenvalue weighted by atomic mass is 32.2. The highest BCUT2D eigenvalue weighted by Crippen LogP contribution is 2.45. The molecule has 8 heteroatoms. The number of carbonyl (C=O) groups excluding carboxylic acids is 2. The minimum Gasteiger partial charge on any atom is -0.480 e. The number of para-hydroxylation sites is 1. The number of carboxylic acids is 1. The van der Waals surface area contributed by atoms with Gasteiger partial charge in [-0.25, -0.2) is 4.79 Å². The number of fused-ring (bicyclic) bond motifs is 1. The van der Waals surface area contributed by atoms with Gasteiger partial charge in [0.2, 0.25) is 0 Å². The van der Waals surface area contributed by atoms with Gasteiger partial charge >= 0.3 is 5.97 Å². The molecule has 1 atom stereocenters. The first-order valence-electron chi connectivity index (χ1n) is 8.82. The molecule has 2 aliphatic heterocycles. The summed E-state index contributed by atoms with van der Waals surface area (Å²) in [5.74, 6) is -1.89. The molecule has 1 saturated heterocycles. The van der Waals surface area contributed by atoms with Crippen molar-refractivity contribution in [3.8, 4) is 0 Å². The van der Waals surface area contributed by atoms with E-state index in [0.717, 1.165) is 41.6 Å². The fraction of sp³-hybridized carbons (Fsp3) is 0.368. The Kier molecular flexibility index (Phi) is 5.67. The number of hydrogen-bond acceptors (Lipinski definition) is 5. The van der Waals surface area contributed by atoms with Crippen molar-refractivity contribution >= 4 is 57.3 Å². The Hall–Kier alpha value is -2.19. The number of thiocarbonyl (C=S) groups is 1. The van der Waals surface area contributed by atoms with Crippen LogP contribution in [0.15, 0.2) is 29.2 Å². The molecule has 0 spiro atoms. The molecule has 1 N–H and O–H groups in total. The first-order valence-corrected chi connectivity index (χ1v) is 10.0. The molecular formula is C19H20N2O4S2. The zero-order valence-electron chi connectivity index (χ0n) is 15.1. The number of rotatable bonds is 6. The van der Waals surface area contributed by atoms with Crippen LogP contribution in [0.25, 0.3) is 5.57 Å². The van der Waals surface area contributed by atoms with E-state index in [4.69, 9.17) is 12.2 Å². The molecule has 0 aliphatic carbocycles. The fourth-order valence-corrected chi connectivity index (χ4v) is 4.71. The van der Waals surface area contributed by atoms with Crippen molar-refractivity contribution in [3.63, 3.8) is 0 Å². The molecule has 6 nitrogen and oxygen atoms in total. The number of unbranched alkanes of at least 4 members (excludes halogenated alkanes) is 2. The minimum absolute atomic E-state index is 0.159. The zero-order chi connectivity index (χ0) is 19.7. The van der Waals surface area contributed by atoms with Gasteiger partial charge < -0.3 is 10.0 Å². The number of benzene rings is 1. The molecule has 1 aromatic carbocycles. The van der Waals surface area contributed by atoms with Crippen molar-refractivity contribution in [2.24, 2.45) is 0 Å². The van der Waals surface area contributed by atoms with Gasteiger partial charge in [0, 0.05) is 12.1 Å². The summed E-state index contributed by atoms with van der Waals surface area (Å²) in [5, 5.41) is 9.25. The highest BCUT2D eigenvalue weighted by Gasteiger charge is 2.44. The van der Waals surface area contributed by atoms with Crippen LogP contribution >= 0.6 is 24.0 Å². The number of aliphatic carboxylic acids is 1. The van der Waals surface area contributed by atoms with Crippen molar-refractivity contribution < 1.29 is 19.5 Å². The minimum atomic E-state index is -1.14. The van der Waals surface area contributed by atoms with E-state index < -0.39 is 17.9 Å². The van der Waals surface area contributed by atoms with E-state index in [1.165, 1.54) is 6.92 Å². The Bertz CT molecular complexity index is 865. The van der Waals surface area contributed by atoms with Crippen LogP contribution in [-0.2, 0) is 14.4 Å². The highest BCUT2D eigenvalue weighted by molar-refractivity contribution is 8.26. The summed E-state index contributed by atoms with van der Waals surface area (Å²) in [6.45, 7) is 4.08. The standard InChI is InChI=1S/C19H20N2O4S2/c1-3-4-7-10-20-13-9-6-5-8-12(13)14(16(20)22)15-17(23)21(19(26)27-15)11(2)18(24)25/h5-6,8-9,11H,3-4,7,10H2,1-2H3,(H,24,25)/b15-14-/t11-/m0/s1. The third-order valence-corrected chi connectivity index (χ3v) is 6.08. The number of anilines is 1. The van der Waals surface area contributed by atoms with Crippen LogP contribution in [0.4, 0.5) is 5.69 Å². The summed E-state index contributed by atoms with van der Waals surface area (Å²) >= 11 is 6.22. The summed E-state index contributed by atoms with van der Waals surface area (Å²) < 4.78 is 0.159. The van der Waals surface area contributed by atoms with Crippen LogP contribution in [0.2, 0.25) is 0 Å². The lowest BCUT2D eigenvalue weighted by molar-refractivity contribution is -0.144. The predicted molar refractivity (Wildman–Crippen MR) is 109 cm³/mol. The molecule has 0 radical (unpaired) electrons. The van der Waals surface area contributed by atoms with Crippen LogP contribution in [0.1, 0.15) is 38.7 Å². The smallest absolute Gasteiger partial charge is 0.326 e. The largest absolute Gasteiger partial charge is 0.480 e. The Morgan fingerprint density at radius 1 is 1.22 bits per heavy atom. The maximum atomic E-state index is 13.1. The lowest BCUT2D eigenvalue weighted by atomic mass is 10.1. The van der Waals surface area contributed by atoms with Crippen molar-refractivity contribution in [3.05, 3.63) is 34.7 Å². The van der Waals surface area contributed by atoms with Gasteiger partial charge in [-0.3, -0.25) is 14.5 Å². The number of nitrogens with zero attached hydrogens (tertiary/aromatic N) is 2. The van der Waals surface area contributed by atoms with Gasteiger partial charge in [0.1, 0.15) is 10.4 Å². The molecule has 2 amide bonds. The Morgan fingerprint density at radius 2 is 1.93 bits per heavy atom. The lowest BCUT2D eigenvalue weighted by Crippen LogP contribution is -2.41. The quantitative estimate of drug-likeness (QED) is 0.445. The van der Waals surface area contributed by atoms with Crippen LogP contribution in [0.5, 0.6) is 0 Å². The molecule has 0 saturated carbocycles. The van der Waals surface area contributed by atoms with E-state index in [1.807, 2.05) is 24.3 Å².